The summed E-state index contributed by atoms with van der Waals surface area (Å²) in [6, 6.07) is 2.59. The first-order valence-corrected chi connectivity index (χ1v) is 9.70. The van der Waals surface area contributed by atoms with Crippen LogP contribution in [0.15, 0.2) is 18.3 Å². The van der Waals surface area contributed by atoms with Crippen LogP contribution >= 0.6 is 0 Å². The number of hydrogen-bond acceptors (Lipinski definition) is 4. The lowest BCUT2D eigenvalue weighted by molar-refractivity contribution is -0.221. The fourth-order valence-electron chi connectivity index (χ4n) is 4.06. The smallest absolute Gasteiger partial charge is 0.364 e. The highest BCUT2D eigenvalue weighted by atomic mass is 19.4. The molecular weight excluding hydrogens is 437 g/mol. The van der Waals surface area contributed by atoms with Crippen LogP contribution in [-0.2, 0) is 12.5 Å². The van der Waals surface area contributed by atoms with Crippen LogP contribution in [0.25, 0.3) is 0 Å². The summed E-state index contributed by atoms with van der Waals surface area (Å²) in [7, 11) is 0. The molecule has 7 nitrogen and oxygen atoms in total. The van der Waals surface area contributed by atoms with Crippen molar-refractivity contribution in [2.75, 3.05) is 5.32 Å². The van der Waals surface area contributed by atoms with Gasteiger partial charge in [0, 0.05) is 30.9 Å². The van der Waals surface area contributed by atoms with Crippen molar-refractivity contribution in [1.82, 2.24) is 14.8 Å². The number of aromatic nitrogens is 3. The van der Waals surface area contributed by atoms with Crippen LogP contribution in [0.4, 0.5) is 27.6 Å². The molecule has 12 heteroatoms. The molecule has 0 saturated heterocycles. The van der Waals surface area contributed by atoms with Crippen molar-refractivity contribution in [2.45, 2.75) is 52.3 Å². The van der Waals surface area contributed by atoms with Crippen LogP contribution in [0.3, 0.4) is 0 Å². The number of nitrogens with one attached hydrogen (secondary N) is 1. The van der Waals surface area contributed by atoms with Crippen molar-refractivity contribution in [3.05, 3.63) is 41.0 Å². The van der Waals surface area contributed by atoms with Gasteiger partial charge in [-0.05, 0) is 37.3 Å². The van der Waals surface area contributed by atoms with E-state index in [1.54, 1.807) is 6.92 Å². The Morgan fingerprint density at radius 3 is 2.44 bits per heavy atom. The molecule has 1 saturated carbocycles. The number of pyridine rings is 1. The minimum absolute atomic E-state index is 0.0884. The van der Waals surface area contributed by atoms with Gasteiger partial charge in [0.15, 0.2) is 0 Å². The first-order valence-electron chi connectivity index (χ1n) is 9.70. The van der Waals surface area contributed by atoms with Gasteiger partial charge in [0.2, 0.25) is 0 Å². The van der Waals surface area contributed by atoms with Gasteiger partial charge in [-0.2, -0.15) is 27.1 Å². The predicted octanol–water partition coefficient (Wildman–Crippen LogP) is 4.03. The zero-order chi connectivity index (χ0) is 24.1. The molecule has 2 aromatic rings. The summed E-state index contributed by atoms with van der Waals surface area (Å²) in [4.78, 5) is 28.0. The van der Waals surface area contributed by atoms with E-state index in [9.17, 15) is 31.5 Å². The van der Waals surface area contributed by atoms with Crippen LogP contribution in [0.5, 0.6) is 0 Å². The Labute approximate surface area is 180 Å². The number of amides is 2. The van der Waals surface area contributed by atoms with E-state index in [0.29, 0.717) is 6.92 Å². The number of halogens is 5. The van der Waals surface area contributed by atoms with Crippen molar-refractivity contribution in [3.8, 4) is 0 Å². The first kappa shape index (κ1) is 23.6. The molecule has 3 rings (SSSR count). The second-order valence-electron chi connectivity index (χ2n) is 8.57. The number of carbonyl (C=O) groups is 2. The third-order valence-corrected chi connectivity index (χ3v) is 5.56. The third kappa shape index (κ3) is 4.73. The van der Waals surface area contributed by atoms with Crippen LogP contribution in [0.1, 0.15) is 58.9 Å². The Morgan fingerprint density at radius 1 is 1.28 bits per heavy atom. The molecule has 174 valence electrons. The van der Waals surface area contributed by atoms with E-state index >= 15 is 0 Å². The highest BCUT2D eigenvalue weighted by Gasteiger charge is 2.54. The van der Waals surface area contributed by atoms with Crippen molar-refractivity contribution >= 4 is 17.5 Å². The second-order valence-corrected chi connectivity index (χ2v) is 8.57. The topological polar surface area (TPSA) is 103 Å². The maximum absolute atomic E-state index is 14.1. The van der Waals surface area contributed by atoms with Crippen molar-refractivity contribution in [3.63, 3.8) is 0 Å². The largest absolute Gasteiger partial charge is 0.391 e. The van der Waals surface area contributed by atoms with Gasteiger partial charge in [-0.3, -0.25) is 19.3 Å². The minimum Gasteiger partial charge on any atom is -0.364 e. The maximum atomic E-state index is 14.1. The number of carbonyl (C=O) groups excluding carboxylic acids is 2. The number of nitrogens with two attached hydrogens (primary N) is 1. The number of anilines is 1. The van der Waals surface area contributed by atoms with E-state index in [2.05, 4.69) is 15.4 Å². The molecule has 32 heavy (non-hydrogen) atoms. The predicted molar refractivity (Wildman–Crippen MR) is 104 cm³/mol. The van der Waals surface area contributed by atoms with Crippen molar-refractivity contribution < 1.29 is 31.5 Å². The zero-order valence-electron chi connectivity index (χ0n) is 17.6. The van der Waals surface area contributed by atoms with Gasteiger partial charge >= 0.3 is 6.18 Å². The van der Waals surface area contributed by atoms with E-state index in [1.165, 1.54) is 25.3 Å². The molecule has 0 atom stereocenters. The highest BCUT2D eigenvalue weighted by Crippen LogP contribution is 2.53. The Balaban J connectivity index is 1.92. The summed E-state index contributed by atoms with van der Waals surface area (Å²) in [5.74, 6) is -6.47. The lowest BCUT2D eigenvalue weighted by atomic mass is 9.63. The summed E-state index contributed by atoms with van der Waals surface area (Å²) in [5, 5.41) is 6.36. The van der Waals surface area contributed by atoms with Crippen LogP contribution in [0.2, 0.25) is 0 Å². The lowest BCUT2D eigenvalue weighted by Crippen LogP contribution is -2.45. The Morgan fingerprint density at radius 2 is 1.91 bits per heavy atom. The van der Waals surface area contributed by atoms with Gasteiger partial charge < -0.3 is 11.1 Å². The second kappa shape index (κ2) is 7.82. The molecule has 0 spiro atoms. The average Bonchev–Trinajstić information content (AvgIpc) is 2.95. The normalized spacial score (nSPS) is 21.2. The number of alkyl halides is 5. The fourth-order valence-corrected chi connectivity index (χ4v) is 4.06. The lowest BCUT2D eigenvalue weighted by Gasteiger charge is -2.46. The van der Waals surface area contributed by atoms with Gasteiger partial charge in [-0.15, -0.1) is 0 Å². The Hall–Kier alpha value is -3.05. The van der Waals surface area contributed by atoms with E-state index in [4.69, 9.17) is 5.73 Å². The standard InChI is InChI=1S/C20H22F5N5O2/c1-10-14(17(32)28-12-4-5-27-13(6-12)16(26)31)30(29-15(10)19(3,21)22)9-18(2)7-11(8-18)20(23,24)25/h4-6,11H,7-9H2,1-3H3,(H2,26,31)(H,27,28,32). The van der Waals surface area contributed by atoms with Crippen LogP contribution in [-0.4, -0.2) is 32.8 Å². The van der Waals surface area contributed by atoms with Gasteiger partial charge in [0.25, 0.3) is 17.7 Å². The molecule has 0 aliphatic heterocycles. The molecule has 1 aliphatic rings. The molecule has 0 bridgehead atoms. The number of rotatable bonds is 6. The molecule has 3 N–H and O–H groups in total. The quantitative estimate of drug-likeness (QED) is 0.637. The molecule has 0 aromatic carbocycles. The Bertz CT molecular complexity index is 1050. The van der Waals surface area contributed by atoms with E-state index < -0.39 is 40.9 Å². The zero-order valence-corrected chi connectivity index (χ0v) is 17.6. The monoisotopic (exact) mass is 459 g/mol. The summed E-state index contributed by atoms with van der Waals surface area (Å²) in [5.41, 5.74) is 3.41. The maximum Gasteiger partial charge on any atom is 0.391 e. The molecule has 0 radical (unpaired) electrons. The molecule has 2 heterocycles. The first-order chi connectivity index (χ1) is 14.6. The average molecular weight is 459 g/mol. The van der Waals surface area contributed by atoms with E-state index in [-0.39, 0.29) is 42.0 Å². The van der Waals surface area contributed by atoms with Crippen LogP contribution in [0, 0.1) is 18.3 Å². The van der Waals surface area contributed by atoms with E-state index in [1.807, 2.05) is 0 Å². The summed E-state index contributed by atoms with van der Waals surface area (Å²) < 4.78 is 68.0. The van der Waals surface area contributed by atoms with Gasteiger partial charge in [-0.1, -0.05) is 6.92 Å². The highest BCUT2D eigenvalue weighted by molar-refractivity contribution is 6.04. The van der Waals surface area contributed by atoms with Gasteiger partial charge in [-0.25, -0.2) is 0 Å². The van der Waals surface area contributed by atoms with Gasteiger partial charge in [0.05, 0.1) is 5.92 Å². The van der Waals surface area contributed by atoms with Crippen molar-refractivity contribution in [2.24, 2.45) is 17.1 Å². The molecular formula is C20H22F5N5O2. The minimum atomic E-state index is -4.33. The summed E-state index contributed by atoms with van der Waals surface area (Å²) in [6.45, 7) is 3.39. The molecule has 2 amide bonds. The molecule has 2 aromatic heterocycles. The Kier molecular flexibility index (Phi) is 5.77. The molecule has 0 unspecified atom stereocenters. The number of primary amides is 1. The van der Waals surface area contributed by atoms with Crippen LogP contribution < -0.4 is 11.1 Å². The summed E-state index contributed by atoms with van der Waals surface area (Å²) in [6.07, 6.45) is -3.49. The molecule has 1 fully saturated rings. The third-order valence-electron chi connectivity index (χ3n) is 5.56. The van der Waals surface area contributed by atoms with Gasteiger partial charge in [0.1, 0.15) is 17.1 Å². The van der Waals surface area contributed by atoms with Crippen molar-refractivity contribution in [1.29, 1.82) is 0 Å². The number of nitrogens with zero attached hydrogens (tertiary/aromatic N) is 3. The molecule has 1 aliphatic carbocycles. The summed E-state index contributed by atoms with van der Waals surface area (Å²) >= 11 is 0. The van der Waals surface area contributed by atoms with E-state index in [0.717, 1.165) is 4.68 Å². The SMILES string of the molecule is Cc1c(C(C)(F)F)nn(CC2(C)CC(C(F)(F)F)C2)c1C(=O)Nc1ccnc(C(N)=O)c1. The fraction of sp³-hybridized carbons (Fsp3) is 0.500. The number of hydrogen-bond donors (Lipinski definition) is 2.